The van der Waals surface area contributed by atoms with E-state index in [1.807, 2.05) is 0 Å². The van der Waals surface area contributed by atoms with Gasteiger partial charge in [-0.25, -0.2) is 0 Å². The second-order valence-corrected chi connectivity index (χ2v) is 4.55. The number of hydrogen-bond donors (Lipinski definition) is 0. The maximum absolute atomic E-state index is 3.35. The average molecular weight is 150 g/mol. The molecule has 0 nitrogen and oxygen atoms in total. The molecule has 0 aromatic carbocycles. The van der Waals surface area contributed by atoms with Crippen molar-refractivity contribution in [3.63, 3.8) is 0 Å². The first-order valence-corrected chi connectivity index (χ1v) is 4.47. The third-order valence-corrected chi connectivity index (χ3v) is 3.04. The van der Waals surface area contributed by atoms with Gasteiger partial charge in [0.1, 0.15) is 0 Å². The lowest BCUT2D eigenvalue weighted by atomic mass is 9.70. The van der Waals surface area contributed by atoms with Crippen molar-refractivity contribution in [3.05, 3.63) is 0 Å². The van der Waals surface area contributed by atoms with E-state index in [1.165, 1.54) is 0 Å². The van der Waals surface area contributed by atoms with Crippen molar-refractivity contribution >= 4 is 0 Å². The largest absolute Gasteiger partial charge is 0.0993 e. The van der Waals surface area contributed by atoms with Gasteiger partial charge in [0.05, 0.1) is 0 Å². The molecule has 0 N–H and O–H groups in total. The Morgan fingerprint density at radius 1 is 1.18 bits per heavy atom. The Hall–Kier alpha value is -0.440. The molecule has 2 atom stereocenters. The van der Waals surface area contributed by atoms with Crippen molar-refractivity contribution in [2.75, 3.05) is 0 Å². The molecule has 0 saturated heterocycles. The topological polar surface area (TPSA) is 0 Å². The zero-order valence-corrected chi connectivity index (χ0v) is 8.23. The third kappa shape index (κ3) is 1.29. The fourth-order valence-corrected chi connectivity index (χ4v) is 1.88. The highest BCUT2D eigenvalue weighted by Crippen LogP contribution is 2.42. The van der Waals surface area contributed by atoms with E-state index >= 15 is 0 Å². The molecule has 0 spiro atoms. The lowest BCUT2D eigenvalue weighted by Crippen LogP contribution is -2.28. The zero-order valence-electron chi connectivity index (χ0n) is 8.23. The summed E-state index contributed by atoms with van der Waals surface area (Å²) >= 11 is 0. The van der Waals surface area contributed by atoms with Crippen LogP contribution >= 0.6 is 0 Å². The molecule has 0 saturated carbocycles. The molecule has 1 aliphatic rings. The van der Waals surface area contributed by atoms with Gasteiger partial charge in [-0.05, 0) is 11.3 Å². The van der Waals surface area contributed by atoms with Gasteiger partial charge >= 0.3 is 0 Å². The lowest BCUT2D eigenvalue weighted by molar-refractivity contribution is 0.179. The van der Waals surface area contributed by atoms with Crippen LogP contribution in [-0.4, -0.2) is 0 Å². The molecular weight excluding hydrogens is 132 g/mol. The van der Waals surface area contributed by atoms with E-state index < -0.39 is 0 Å². The monoisotopic (exact) mass is 150 g/mol. The van der Waals surface area contributed by atoms with Gasteiger partial charge in [-0.1, -0.05) is 46.5 Å². The van der Waals surface area contributed by atoms with Crippen LogP contribution in [0.3, 0.4) is 0 Å². The van der Waals surface area contributed by atoms with Crippen LogP contribution in [0.5, 0.6) is 0 Å². The summed E-state index contributed by atoms with van der Waals surface area (Å²) < 4.78 is 0. The summed E-state index contributed by atoms with van der Waals surface area (Å²) in [6.07, 6.45) is 0. The molecular formula is C11H18. The first kappa shape index (κ1) is 8.65. The Labute approximate surface area is 70.4 Å². The van der Waals surface area contributed by atoms with Crippen molar-refractivity contribution in [2.24, 2.45) is 23.2 Å². The van der Waals surface area contributed by atoms with Gasteiger partial charge in [0.25, 0.3) is 0 Å². The maximum Gasteiger partial charge on any atom is 0.0288 e. The molecule has 0 heteroatoms. The minimum atomic E-state index is 0.369. The number of hydrogen-bond acceptors (Lipinski definition) is 0. The van der Waals surface area contributed by atoms with Crippen molar-refractivity contribution in [1.82, 2.24) is 0 Å². The van der Waals surface area contributed by atoms with Crippen molar-refractivity contribution in [3.8, 4) is 11.8 Å². The second-order valence-electron chi connectivity index (χ2n) is 4.55. The van der Waals surface area contributed by atoms with Crippen molar-refractivity contribution in [1.29, 1.82) is 0 Å². The molecule has 0 fully saturated rings. The first-order valence-electron chi connectivity index (χ1n) is 4.47. The van der Waals surface area contributed by atoms with Crippen molar-refractivity contribution in [2.45, 2.75) is 34.6 Å². The van der Waals surface area contributed by atoms with E-state index in [2.05, 4.69) is 46.5 Å². The molecule has 0 amide bonds. The molecule has 0 radical (unpaired) electrons. The van der Waals surface area contributed by atoms with Crippen LogP contribution in [0.15, 0.2) is 0 Å². The van der Waals surface area contributed by atoms with E-state index in [0.29, 0.717) is 23.2 Å². The van der Waals surface area contributed by atoms with E-state index in [1.54, 1.807) is 0 Å². The van der Waals surface area contributed by atoms with Gasteiger partial charge in [-0.2, -0.15) is 0 Å². The lowest BCUT2D eigenvalue weighted by Gasteiger charge is -2.32. The molecule has 11 heavy (non-hydrogen) atoms. The Morgan fingerprint density at radius 2 is 1.73 bits per heavy atom. The Kier molecular flexibility index (Phi) is 2.01. The maximum atomic E-state index is 3.35. The highest BCUT2D eigenvalue weighted by atomic mass is 14.4. The molecule has 0 bridgehead atoms. The fourth-order valence-electron chi connectivity index (χ4n) is 1.88. The summed E-state index contributed by atoms with van der Waals surface area (Å²) in [6, 6.07) is 0. The molecule has 0 aliphatic heterocycles. The highest BCUT2D eigenvalue weighted by molar-refractivity contribution is 5.21. The molecule has 1 aliphatic carbocycles. The summed E-state index contributed by atoms with van der Waals surface area (Å²) in [5.74, 6) is 8.49. The second kappa shape index (κ2) is 2.55. The summed E-state index contributed by atoms with van der Waals surface area (Å²) in [5, 5.41) is 0. The molecule has 2 unspecified atom stereocenters. The van der Waals surface area contributed by atoms with Crippen LogP contribution in [-0.2, 0) is 0 Å². The normalized spacial score (nSPS) is 33.6. The summed E-state index contributed by atoms with van der Waals surface area (Å²) in [4.78, 5) is 0. The zero-order chi connectivity index (χ0) is 8.65. The van der Waals surface area contributed by atoms with Crippen LogP contribution in [0.4, 0.5) is 0 Å². The van der Waals surface area contributed by atoms with Gasteiger partial charge in [0.15, 0.2) is 0 Å². The van der Waals surface area contributed by atoms with E-state index in [0.717, 1.165) is 0 Å². The van der Waals surface area contributed by atoms with E-state index in [4.69, 9.17) is 0 Å². The highest BCUT2D eigenvalue weighted by Gasteiger charge is 2.38. The third-order valence-electron chi connectivity index (χ3n) is 3.04. The Morgan fingerprint density at radius 3 is 1.91 bits per heavy atom. The van der Waals surface area contributed by atoms with Gasteiger partial charge in [0, 0.05) is 11.8 Å². The summed E-state index contributed by atoms with van der Waals surface area (Å²) in [5.41, 5.74) is 0.369. The molecule has 62 valence electrons. The predicted octanol–water partition coefficient (Wildman–Crippen LogP) is 2.94. The molecule has 1 rings (SSSR count). The summed E-state index contributed by atoms with van der Waals surface area (Å²) in [6.45, 7) is 11.4. The average Bonchev–Trinajstić information content (AvgIpc) is 2.08. The molecule has 0 heterocycles. The van der Waals surface area contributed by atoms with E-state index in [-0.39, 0.29) is 0 Å². The molecule has 0 aromatic rings. The fraction of sp³-hybridized carbons (Fsp3) is 0.818. The van der Waals surface area contributed by atoms with Gasteiger partial charge in [-0.15, -0.1) is 0 Å². The SMILES string of the molecule is CC(C)C1C#CC(C)C1(C)C. The minimum Gasteiger partial charge on any atom is -0.0993 e. The minimum absolute atomic E-state index is 0.369. The van der Waals surface area contributed by atoms with Crippen LogP contribution in [0, 0.1) is 35.0 Å². The first-order chi connectivity index (χ1) is 4.96. The van der Waals surface area contributed by atoms with E-state index in [9.17, 15) is 0 Å². The van der Waals surface area contributed by atoms with Gasteiger partial charge in [-0.3, -0.25) is 0 Å². The van der Waals surface area contributed by atoms with Gasteiger partial charge < -0.3 is 0 Å². The van der Waals surface area contributed by atoms with Crippen LogP contribution in [0.1, 0.15) is 34.6 Å². The quantitative estimate of drug-likeness (QED) is 0.504. The van der Waals surface area contributed by atoms with Crippen LogP contribution < -0.4 is 0 Å². The van der Waals surface area contributed by atoms with Crippen LogP contribution in [0.25, 0.3) is 0 Å². The predicted molar refractivity (Wildman–Crippen MR) is 49.0 cm³/mol. The number of rotatable bonds is 1. The van der Waals surface area contributed by atoms with Crippen LogP contribution in [0.2, 0.25) is 0 Å². The smallest absolute Gasteiger partial charge is 0.0288 e. The Balaban J connectivity index is 2.80. The summed E-state index contributed by atoms with van der Waals surface area (Å²) in [7, 11) is 0. The van der Waals surface area contributed by atoms with Gasteiger partial charge in [0.2, 0.25) is 0 Å². The van der Waals surface area contributed by atoms with Crippen molar-refractivity contribution < 1.29 is 0 Å². The standard InChI is InChI=1S/C11H18/c1-8(2)10-7-6-9(3)11(10,4)5/h8-10H,1-5H3. The Bertz CT molecular complexity index is 200. The molecule has 0 aromatic heterocycles.